The second kappa shape index (κ2) is 4.95. The maximum absolute atomic E-state index is 8.82. The number of ether oxygens (including phenoxy) is 1. The molecule has 1 fully saturated rings. The number of rotatable bonds is 5. The van der Waals surface area contributed by atoms with Crippen molar-refractivity contribution in [3.63, 3.8) is 0 Å². The van der Waals surface area contributed by atoms with Gasteiger partial charge in [-0.05, 0) is 32.0 Å². The molecular weight excluding hydrogens is 202 g/mol. The molecule has 16 heavy (non-hydrogen) atoms. The maximum Gasteiger partial charge on any atom is 0.182 e. The average Bonchev–Trinajstić information content (AvgIpc) is 3.13. The molecule has 1 aromatic heterocycles. The van der Waals surface area contributed by atoms with E-state index in [1.54, 1.807) is 18.3 Å². The van der Waals surface area contributed by atoms with Gasteiger partial charge >= 0.3 is 0 Å². The number of pyridine rings is 1. The zero-order chi connectivity index (χ0) is 11.4. The van der Waals surface area contributed by atoms with E-state index in [1.807, 2.05) is 6.07 Å². The number of nitrogens with zero attached hydrogens (tertiary/aromatic N) is 3. The van der Waals surface area contributed by atoms with Crippen LogP contribution >= 0.6 is 0 Å². The molecule has 1 aliphatic carbocycles. The van der Waals surface area contributed by atoms with Gasteiger partial charge in [-0.15, -0.1) is 0 Å². The third-order valence-electron chi connectivity index (χ3n) is 2.75. The fraction of sp³-hybridized carbons (Fsp3) is 0.500. The van der Waals surface area contributed by atoms with Crippen molar-refractivity contribution in [1.29, 1.82) is 5.26 Å². The standard InChI is InChI=1S/C12H15N3O/c1-15(10-4-5-10)7-8-16-12-3-2-6-14-11(12)9-13/h2-3,6,10H,4-5,7-8H2,1H3. The van der Waals surface area contributed by atoms with E-state index in [9.17, 15) is 0 Å². The molecule has 0 aliphatic heterocycles. The van der Waals surface area contributed by atoms with Crippen molar-refractivity contribution in [3.05, 3.63) is 24.0 Å². The van der Waals surface area contributed by atoms with Crippen molar-refractivity contribution < 1.29 is 4.74 Å². The van der Waals surface area contributed by atoms with Gasteiger partial charge in [0.25, 0.3) is 0 Å². The van der Waals surface area contributed by atoms with Gasteiger partial charge in [0, 0.05) is 18.8 Å². The molecule has 4 heteroatoms. The summed E-state index contributed by atoms with van der Waals surface area (Å²) in [5.41, 5.74) is 0.358. The van der Waals surface area contributed by atoms with Crippen molar-refractivity contribution in [2.24, 2.45) is 0 Å². The van der Waals surface area contributed by atoms with Crippen molar-refractivity contribution in [1.82, 2.24) is 9.88 Å². The van der Waals surface area contributed by atoms with Gasteiger partial charge < -0.3 is 9.64 Å². The van der Waals surface area contributed by atoms with Crippen LogP contribution < -0.4 is 4.74 Å². The minimum atomic E-state index is 0.358. The SMILES string of the molecule is CN(CCOc1cccnc1C#N)C1CC1. The Hall–Kier alpha value is -1.60. The molecule has 1 saturated carbocycles. The highest BCUT2D eigenvalue weighted by molar-refractivity contribution is 5.36. The summed E-state index contributed by atoms with van der Waals surface area (Å²) >= 11 is 0. The molecule has 0 atom stereocenters. The smallest absolute Gasteiger partial charge is 0.182 e. The van der Waals surface area contributed by atoms with E-state index < -0.39 is 0 Å². The number of hydrogen-bond donors (Lipinski definition) is 0. The Bertz CT molecular complexity index is 395. The predicted octanol–water partition coefficient (Wildman–Crippen LogP) is 1.43. The Labute approximate surface area is 95.5 Å². The topological polar surface area (TPSA) is 49.1 Å². The van der Waals surface area contributed by atoms with Crippen LogP contribution in [0.4, 0.5) is 0 Å². The van der Waals surface area contributed by atoms with E-state index in [-0.39, 0.29) is 0 Å². The van der Waals surface area contributed by atoms with E-state index in [0.29, 0.717) is 18.1 Å². The van der Waals surface area contributed by atoms with Crippen LogP contribution in [0, 0.1) is 11.3 Å². The molecule has 4 nitrogen and oxygen atoms in total. The van der Waals surface area contributed by atoms with Crippen molar-refractivity contribution in [2.45, 2.75) is 18.9 Å². The Balaban J connectivity index is 1.82. The first-order valence-electron chi connectivity index (χ1n) is 5.49. The third kappa shape index (κ3) is 2.71. The lowest BCUT2D eigenvalue weighted by Crippen LogP contribution is -2.26. The van der Waals surface area contributed by atoms with Crippen molar-refractivity contribution in [3.8, 4) is 11.8 Å². The molecule has 1 aromatic rings. The highest BCUT2D eigenvalue weighted by Gasteiger charge is 2.25. The highest BCUT2D eigenvalue weighted by Crippen LogP contribution is 2.24. The van der Waals surface area contributed by atoms with Gasteiger partial charge in [0.05, 0.1) is 0 Å². The van der Waals surface area contributed by atoms with Gasteiger partial charge in [0.1, 0.15) is 12.7 Å². The minimum absolute atomic E-state index is 0.358. The Morgan fingerprint density at radius 1 is 1.62 bits per heavy atom. The summed E-state index contributed by atoms with van der Waals surface area (Å²) in [7, 11) is 2.11. The molecule has 1 heterocycles. The van der Waals surface area contributed by atoms with Crippen LogP contribution in [0.1, 0.15) is 18.5 Å². The number of likely N-dealkylation sites (N-methyl/N-ethyl adjacent to an activating group) is 1. The predicted molar refractivity (Wildman–Crippen MR) is 60.1 cm³/mol. The summed E-state index contributed by atoms with van der Waals surface area (Å²) in [6.07, 6.45) is 4.20. The van der Waals surface area contributed by atoms with Crippen LogP contribution in [0.5, 0.6) is 5.75 Å². The van der Waals surface area contributed by atoms with Gasteiger partial charge in [0.2, 0.25) is 0 Å². The molecule has 0 amide bonds. The van der Waals surface area contributed by atoms with E-state index in [4.69, 9.17) is 10.00 Å². The summed E-state index contributed by atoms with van der Waals surface area (Å²) in [6.45, 7) is 1.50. The van der Waals surface area contributed by atoms with E-state index >= 15 is 0 Å². The average molecular weight is 217 g/mol. The molecule has 0 N–H and O–H groups in total. The van der Waals surface area contributed by atoms with Crippen LogP contribution in [0.3, 0.4) is 0 Å². The molecule has 2 rings (SSSR count). The molecule has 0 saturated heterocycles. The van der Waals surface area contributed by atoms with Gasteiger partial charge in [-0.25, -0.2) is 4.98 Å². The first kappa shape index (κ1) is 10.9. The number of nitriles is 1. The molecule has 1 aliphatic rings. The summed E-state index contributed by atoms with van der Waals surface area (Å²) in [5, 5.41) is 8.82. The largest absolute Gasteiger partial charge is 0.489 e. The van der Waals surface area contributed by atoms with E-state index in [0.717, 1.165) is 12.6 Å². The quantitative estimate of drug-likeness (QED) is 0.748. The summed E-state index contributed by atoms with van der Waals surface area (Å²) in [4.78, 5) is 6.24. The maximum atomic E-state index is 8.82. The third-order valence-corrected chi connectivity index (χ3v) is 2.75. The van der Waals surface area contributed by atoms with Gasteiger partial charge in [-0.3, -0.25) is 0 Å². The second-order valence-corrected chi connectivity index (χ2v) is 4.02. The molecule has 0 spiro atoms. The molecule has 0 bridgehead atoms. The van der Waals surface area contributed by atoms with Crippen molar-refractivity contribution in [2.75, 3.05) is 20.2 Å². The lowest BCUT2D eigenvalue weighted by Gasteiger charge is -2.15. The first-order chi connectivity index (χ1) is 7.81. The summed E-state index contributed by atoms with van der Waals surface area (Å²) in [6, 6.07) is 6.32. The minimum Gasteiger partial charge on any atom is -0.489 e. The van der Waals surface area contributed by atoms with Crippen LogP contribution in [-0.4, -0.2) is 36.1 Å². The number of hydrogen-bond acceptors (Lipinski definition) is 4. The van der Waals surface area contributed by atoms with Crippen LogP contribution in [-0.2, 0) is 0 Å². The van der Waals surface area contributed by atoms with Gasteiger partial charge in [0.15, 0.2) is 11.4 Å². The number of aromatic nitrogens is 1. The molecule has 0 unspecified atom stereocenters. The normalized spacial score (nSPS) is 14.8. The van der Waals surface area contributed by atoms with Gasteiger partial charge in [-0.2, -0.15) is 5.26 Å². The summed E-state index contributed by atoms with van der Waals surface area (Å²) in [5.74, 6) is 0.578. The summed E-state index contributed by atoms with van der Waals surface area (Å²) < 4.78 is 5.55. The van der Waals surface area contributed by atoms with Crippen LogP contribution in [0.25, 0.3) is 0 Å². The van der Waals surface area contributed by atoms with E-state index in [2.05, 4.69) is 16.9 Å². The van der Waals surface area contributed by atoms with Crippen LogP contribution in [0.2, 0.25) is 0 Å². The molecule has 84 valence electrons. The lowest BCUT2D eigenvalue weighted by atomic mass is 10.3. The molecule has 0 radical (unpaired) electrons. The first-order valence-corrected chi connectivity index (χ1v) is 5.49. The zero-order valence-corrected chi connectivity index (χ0v) is 9.39. The Morgan fingerprint density at radius 3 is 3.12 bits per heavy atom. The Morgan fingerprint density at radius 2 is 2.44 bits per heavy atom. The lowest BCUT2D eigenvalue weighted by molar-refractivity contribution is 0.231. The van der Waals surface area contributed by atoms with Crippen molar-refractivity contribution >= 4 is 0 Å². The Kier molecular flexibility index (Phi) is 3.37. The highest BCUT2D eigenvalue weighted by atomic mass is 16.5. The monoisotopic (exact) mass is 217 g/mol. The second-order valence-electron chi connectivity index (χ2n) is 4.02. The van der Waals surface area contributed by atoms with Gasteiger partial charge in [-0.1, -0.05) is 0 Å². The molecular formula is C12H15N3O. The van der Waals surface area contributed by atoms with E-state index in [1.165, 1.54) is 12.8 Å². The fourth-order valence-corrected chi connectivity index (χ4v) is 1.59. The molecule has 0 aromatic carbocycles. The van der Waals surface area contributed by atoms with Crippen LogP contribution in [0.15, 0.2) is 18.3 Å². The fourth-order valence-electron chi connectivity index (χ4n) is 1.59. The zero-order valence-electron chi connectivity index (χ0n) is 9.39.